The maximum atomic E-state index is 9.28. The Labute approximate surface area is 137 Å². The Bertz CT molecular complexity index is 676. The Morgan fingerprint density at radius 2 is 1.70 bits per heavy atom. The lowest BCUT2D eigenvalue weighted by Gasteiger charge is -2.13. The van der Waals surface area contributed by atoms with Crippen molar-refractivity contribution in [2.75, 3.05) is 0 Å². The Hall–Kier alpha value is -2.62. The first-order valence-electron chi connectivity index (χ1n) is 7.73. The molecule has 1 unspecified atom stereocenters. The Balaban J connectivity index is 1.98. The molecular weight excluding hydrogens is 286 g/mol. The van der Waals surface area contributed by atoms with E-state index >= 15 is 0 Å². The van der Waals surface area contributed by atoms with Crippen LogP contribution in [0.15, 0.2) is 64.9 Å². The third-order valence-corrected chi connectivity index (χ3v) is 3.65. The van der Waals surface area contributed by atoms with Crippen molar-refractivity contribution in [3.63, 3.8) is 0 Å². The molecule has 0 aliphatic carbocycles. The Morgan fingerprint density at radius 3 is 2.30 bits per heavy atom. The fourth-order valence-electron chi connectivity index (χ4n) is 2.25. The fraction of sp³-hybridized carbons (Fsp3) is 0.263. The average Bonchev–Trinajstić information content (AvgIpc) is 2.59. The molecule has 23 heavy (non-hydrogen) atoms. The highest BCUT2D eigenvalue weighted by molar-refractivity contribution is 6.00. The molecule has 2 N–H and O–H groups in total. The minimum Gasteiger partial charge on any atom is -0.411 e. The molecule has 0 radical (unpaired) electrons. The molecule has 0 amide bonds. The van der Waals surface area contributed by atoms with E-state index in [9.17, 15) is 5.21 Å². The molecular formula is C19H23N3O. The minimum atomic E-state index is 0.0564. The van der Waals surface area contributed by atoms with Crippen LogP contribution in [-0.2, 0) is 0 Å². The molecule has 4 heteroatoms. The highest BCUT2D eigenvalue weighted by atomic mass is 16.4. The average molecular weight is 309 g/mol. The summed E-state index contributed by atoms with van der Waals surface area (Å²) in [6.45, 7) is 6.02. The van der Waals surface area contributed by atoms with Crippen molar-refractivity contribution >= 4 is 11.4 Å². The third kappa shape index (κ3) is 4.95. The molecule has 2 aromatic carbocycles. The molecule has 4 nitrogen and oxygen atoms in total. The van der Waals surface area contributed by atoms with Gasteiger partial charge in [0.2, 0.25) is 0 Å². The molecule has 0 aliphatic rings. The molecule has 0 heterocycles. The predicted octanol–water partition coefficient (Wildman–Crippen LogP) is 3.97. The highest BCUT2D eigenvalue weighted by Gasteiger charge is 2.10. The zero-order chi connectivity index (χ0) is 16.7. The molecule has 0 saturated heterocycles. The van der Waals surface area contributed by atoms with Gasteiger partial charge in [-0.1, -0.05) is 65.3 Å². The molecule has 0 aliphatic heterocycles. The summed E-state index contributed by atoms with van der Waals surface area (Å²) in [6.07, 6.45) is 0.588. The summed E-state index contributed by atoms with van der Waals surface area (Å²) in [5.74, 6) is 0. The number of benzene rings is 2. The molecule has 0 fully saturated rings. The minimum absolute atomic E-state index is 0.0564. The quantitative estimate of drug-likeness (QED) is 0.482. The number of nitrogens with one attached hydrogen (secondary N) is 1. The number of nitrogens with zero attached hydrogens (tertiary/aromatic N) is 2. The van der Waals surface area contributed by atoms with E-state index in [1.165, 1.54) is 5.56 Å². The molecule has 0 aromatic heterocycles. The van der Waals surface area contributed by atoms with Crippen LogP contribution in [0.5, 0.6) is 0 Å². The molecule has 2 rings (SSSR count). The molecule has 120 valence electrons. The van der Waals surface area contributed by atoms with Crippen molar-refractivity contribution < 1.29 is 5.21 Å². The number of rotatable bonds is 6. The van der Waals surface area contributed by atoms with Gasteiger partial charge in [0, 0.05) is 12.5 Å². The van der Waals surface area contributed by atoms with Crippen molar-refractivity contribution in [2.45, 2.75) is 33.2 Å². The van der Waals surface area contributed by atoms with Crippen molar-refractivity contribution in [3.05, 3.63) is 71.3 Å². The summed E-state index contributed by atoms with van der Waals surface area (Å²) in [7, 11) is 0. The van der Waals surface area contributed by atoms with E-state index < -0.39 is 0 Å². The summed E-state index contributed by atoms with van der Waals surface area (Å²) < 4.78 is 0. The van der Waals surface area contributed by atoms with E-state index in [0.29, 0.717) is 12.1 Å². The van der Waals surface area contributed by atoms with Gasteiger partial charge < -0.3 is 10.6 Å². The number of aryl methyl sites for hydroxylation is 1. The SMILES string of the molecule is C/C(=N/NC(C)C/C(=N/O)c1ccc(C)cc1)c1ccccc1. The third-order valence-electron chi connectivity index (χ3n) is 3.65. The van der Waals surface area contributed by atoms with Crippen LogP contribution in [0.1, 0.15) is 37.0 Å². The monoisotopic (exact) mass is 309 g/mol. The van der Waals surface area contributed by atoms with Gasteiger partial charge in [-0.3, -0.25) is 0 Å². The summed E-state index contributed by atoms with van der Waals surface area (Å²) >= 11 is 0. The lowest BCUT2D eigenvalue weighted by atomic mass is 10.0. The van der Waals surface area contributed by atoms with Gasteiger partial charge in [-0.2, -0.15) is 5.10 Å². The maximum absolute atomic E-state index is 9.28. The molecule has 0 bridgehead atoms. The van der Waals surface area contributed by atoms with Crippen LogP contribution in [0.3, 0.4) is 0 Å². The maximum Gasteiger partial charge on any atom is 0.0888 e. The highest BCUT2D eigenvalue weighted by Crippen LogP contribution is 2.09. The number of hydrogen-bond acceptors (Lipinski definition) is 4. The van der Waals surface area contributed by atoms with Gasteiger partial charge in [0.25, 0.3) is 0 Å². The lowest BCUT2D eigenvalue weighted by Crippen LogP contribution is -2.25. The fourth-order valence-corrected chi connectivity index (χ4v) is 2.25. The van der Waals surface area contributed by atoms with Gasteiger partial charge in [0.15, 0.2) is 0 Å². The second-order valence-electron chi connectivity index (χ2n) is 5.71. The van der Waals surface area contributed by atoms with Gasteiger partial charge in [0.05, 0.1) is 11.4 Å². The molecule has 0 spiro atoms. The summed E-state index contributed by atoms with van der Waals surface area (Å²) in [5, 5.41) is 17.1. The van der Waals surface area contributed by atoms with Gasteiger partial charge in [0.1, 0.15) is 0 Å². The van der Waals surface area contributed by atoms with Crippen LogP contribution in [0.4, 0.5) is 0 Å². The number of hydrazone groups is 1. The second kappa shape index (κ2) is 8.13. The first kappa shape index (κ1) is 16.7. The first-order chi connectivity index (χ1) is 11.1. The van der Waals surface area contributed by atoms with Crippen molar-refractivity contribution in [1.29, 1.82) is 0 Å². The van der Waals surface area contributed by atoms with Crippen molar-refractivity contribution in [2.24, 2.45) is 10.3 Å². The zero-order valence-electron chi connectivity index (χ0n) is 13.8. The summed E-state index contributed by atoms with van der Waals surface area (Å²) in [6, 6.07) is 18.0. The smallest absolute Gasteiger partial charge is 0.0888 e. The van der Waals surface area contributed by atoms with E-state index in [2.05, 4.69) is 15.7 Å². The van der Waals surface area contributed by atoms with Crippen LogP contribution < -0.4 is 5.43 Å². The first-order valence-corrected chi connectivity index (χ1v) is 7.73. The van der Waals surface area contributed by atoms with Crippen LogP contribution >= 0.6 is 0 Å². The van der Waals surface area contributed by atoms with Gasteiger partial charge >= 0.3 is 0 Å². The number of hydrogen-bond donors (Lipinski definition) is 2. The molecule has 0 saturated carbocycles. The predicted molar refractivity (Wildman–Crippen MR) is 95.4 cm³/mol. The van der Waals surface area contributed by atoms with Crippen LogP contribution in [0.25, 0.3) is 0 Å². The second-order valence-corrected chi connectivity index (χ2v) is 5.71. The van der Waals surface area contributed by atoms with Gasteiger partial charge in [-0.15, -0.1) is 0 Å². The van der Waals surface area contributed by atoms with Crippen molar-refractivity contribution in [1.82, 2.24) is 5.43 Å². The van der Waals surface area contributed by atoms with Gasteiger partial charge in [-0.25, -0.2) is 0 Å². The van der Waals surface area contributed by atoms with E-state index in [-0.39, 0.29) is 6.04 Å². The van der Waals surface area contributed by atoms with E-state index in [4.69, 9.17) is 0 Å². The standard InChI is InChI=1S/C19H23N3O/c1-14-9-11-18(12-10-14)19(22-23)13-15(2)20-21-16(3)17-7-5-4-6-8-17/h4-12,15,20,23H,13H2,1-3H3/b21-16-,22-19-. The molecule has 2 aromatic rings. The topological polar surface area (TPSA) is 57.0 Å². The zero-order valence-corrected chi connectivity index (χ0v) is 13.8. The lowest BCUT2D eigenvalue weighted by molar-refractivity contribution is 0.317. The van der Waals surface area contributed by atoms with E-state index in [1.807, 2.05) is 75.4 Å². The van der Waals surface area contributed by atoms with Gasteiger partial charge in [-0.05, 0) is 31.9 Å². The largest absolute Gasteiger partial charge is 0.411 e. The van der Waals surface area contributed by atoms with Crippen LogP contribution in [-0.4, -0.2) is 22.7 Å². The van der Waals surface area contributed by atoms with Crippen LogP contribution in [0.2, 0.25) is 0 Å². The summed E-state index contributed by atoms with van der Waals surface area (Å²) in [4.78, 5) is 0. The van der Waals surface area contributed by atoms with E-state index in [1.54, 1.807) is 0 Å². The van der Waals surface area contributed by atoms with Crippen LogP contribution in [0, 0.1) is 6.92 Å². The number of oxime groups is 1. The Kier molecular flexibility index (Phi) is 5.92. The van der Waals surface area contributed by atoms with E-state index in [0.717, 1.165) is 16.8 Å². The molecule has 1 atom stereocenters. The van der Waals surface area contributed by atoms with Crippen molar-refractivity contribution in [3.8, 4) is 0 Å². The summed E-state index contributed by atoms with van der Waals surface area (Å²) in [5.41, 5.74) is 7.89. The Morgan fingerprint density at radius 1 is 1.04 bits per heavy atom. The normalized spacial score (nSPS) is 13.7.